The van der Waals surface area contributed by atoms with Crippen molar-refractivity contribution in [1.29, 1.82) is 0 Å². The Kier molecular flexibility index (Phi) is 6.03. The number of hydrogen-bond acceptors (Lipinski definition) is 6. The van der Waals surface area contributed by atoms with Crippen LogP contribution in [0.1, 0.15) is 26.5 Å². The highest BCUT2D eigenvalue weighted by molar-refractivity contribution is 7.78. The van der Waals surface area contributed by atoms with Gasteiger partial charge in [-0.3, -0.25) is 9.10 Å². The van der Waals surface area contributed by atoms with E-state index in [-0.39, 0.29) is 5.91 Å². The van der Waals surface area contributed by atoms with Crippen LogP contribution in [0.25, 0.3) is 0 Å². The molecule has 27 heavy (non-hydrogen) atoms. The lowest BCUT2D eigenvalue weighted by atomic mass is 10.1. The Morgan fingerprint density at radius 3 is 2.59 bits per heavy atom. The number of hydrogen-bond donors (Lipinski definition) is 2. The fraction of sp³-hybridized carbons (Fsp3) is 0.200. The molecule has 1 aromatic heterocycles. The Morgan fingerprint density at radius 1 is 1.19 bits per heavy atom. The SMILES string of the molecule is COc1ccccc1Nc1nc(C)c(C(=O)N(S)Cc2ccc(C)cc2)s1. The summed E-state index contributed by atoms with van der Waals surface area (Å²) in [5.41, 5.74) is 3.68. The van der Waals surface area contributed by atoms with Crippen LogP contribution in [-0.4, -0.2) is 22.3 Å². The van der Waals surface area contributed by atoms with E-state index >= 15 is 0 Å². The summed E-state index contributed by atoms with van der Waals surface area (Å²) in [6.07, 6.45) is 0. The highest BCUT2D eigenvalue weighted by atomic mass is 32.1. The minimum Gasteiger partial charge on any atom is -0.495 e. The van der Waals surface area contributed by atoms with Crippen molar-refractivity contribution in [2.24, 2.45) is 0 Å². The number of benzene rings is 2. The zero-order valence-electron chi connectivity index (χ0n) is 15.4. The molecular formula is C20H21N3O2S2. The van der Waals surface area contributed by atoms with Crippen molar-refractivity contribution in [3.8, 4) is 5.75 Å². The molecule has 1 heterocycles. The van der Waals surface area contributed by atoms with Crippen molar-refractivity contribution in [3.63, 3.8) is 0 Å². The van der Waals surface area contributed by atoms with Crippen LogP contribution in [0, 0.1) is 13.8 Å². The molecule has 0 fully saturated rings. The molecule has 0 unspecified atom stereocenters. The number of nitrogens with one attached hydrogen (secondary N) is 1. The van der Waals surface area contributed by atoms with Crippen LogP contribution in [-0.2, 0) is 6.54 Å². The Balaban J connectivity index is 1.75. The van der Waals surface area contributed by atoms with E-state index in [0.29, 0.717) is 28.0 Å². The van der Waals surface area contributed by atoms with Crippen LogP contribution in [0.2, 0.25) is 0 Å². The molecule has 0 saturated heterocycles. The number of amides is 1. The van der Waals surface area contributed by atoms with Gasteiger partial charge in [0.1, 0.15) is 10.6 Å². The molecular weight excluding hydrogens is 378 g/mol. The number of aryl methyl sites for hydroxylation is 2. The van der Waals surface area contributed by atoms with Gasteiger partial charge in [-0.15, -0.1) is 0 Å². The summed E-state index contributed by atoms with van der Waals surface area (Å²) in [7, 11) is 1.62. The first kappa shape index (κ1) is 19.3. The summed E-state index contributed by atoms with van der Waals surface area (Å²) in [5.74, 6) is 0.551. The molecule has 5 nitrogen and oxygen atoms in total. The van der Waals surface area contributed by atoms with Gasteiger partial charge in [0.25, 0.3) is 5.91 Å². The number of methoxy groups -OCH3 is 1. The molecule has 0 saturated carbocycles. The molecule has 0 radical (unpaired) electrons. The van der Waals surface area contributed by atoms with Crippen LogP contribution >= 0.6 is 24.2 Å². The number of anilines is 2. The normalized spacial score (nSPS) is 10.5. The number of carbonyl (C=O) groups excluding carboxylic acids is 1. The molecule has 2 aromatic carbocycles. The smallest absolute Gasteiger partial charge is 0.275 e. The zero-order valence-corrected chi connectivity index (χ0v) is 17.1. The first-order valence-electron chi connectivity index (χ1n) is 8.41. The number of thiazole rings is 1. The number of aromatic nitrogens is 1. The molecule has 3 aromatic rings. The molecule has 3 rings (SSSR count). The maximum atomic E-state index is 12.8. The topological polar surface area (TPSA) is 54.5 Å². The minimum absolute atomic E-state index is 0.165. The molecule has 0 spiro atoms. The summed E-state index contributed by atoms with van der Waals surface area (Å²) < 4.78 is 6.76. The summed E-state index contributed by atoms with van der Waals surface area (Å²) in [5, 5.41) is 3.86. The fourth-order valence-electron chi connectivity index (χ4n) is 2.57. The predicted octanol–water partition coefficient (Wildman–Crippen LogP) is 5.00. The second kappa shape index (κ2) is 8.45. The monoisotopic (exact) mass is 399 g/mol. The van der Waals surface area contributed by atoms with Crippen molar-refractivity contribution >= 4 is 40.9 Å². The van der Waals surface area contributed by atoms with Crippen LogP contribution in [0.5, 0.6) is 5.75 Å². The van der Waals surface area contributed by atoms with E-state index in [1.54, 1.807) is 7.11 Å². The van der Waals surface area contributed by atoms with Gasteiger partial charge in [0.2, 0.25) is 0 Å². The summed E-state index contributed by atoms with van der Waals surface area (Å²) in [6.45, 7) is 4.28. The van der Waals surface area contributed by atoms with Gasteiger partial charge >= 0.3 is 0 Å². The zero-order chi connectivity index (χ0) is 19.4. The molecule has 140 valence electrons. The van der Waals surface area contributed by atoms with Crippen molar-refractivity contribution in [2.45, 2.75) is 20.4 Å². The quantitative estimate of drug-likeness (QED) is 0.573. The standard InChI is InChI=1S/C20H21N3O2S2/c1-13-8-10-15(11-9-13)12-23(26)19(24)18-14(2)21-20(27-18)22-16-6-4-5-7-17(16)25-3/h4-11,26H,12H2,1-3H3,(H,21,22). The first-order valence-corrected chi connectivity index (χ1v) is 9.63. The third-order valence-electron chi connectivity index (χ3n) is 4.03. The third-order valence-corrected chi connectivity index (χ3v) is 5.41. The Labute approximate surface area is 168 Å². The van der Waals surface area contributed by atoms with Crippen molar-refractivity contribution in [3.05, 3.63) is 70.2 Å². The van der Waals surface area contributed by atoms with Gasteiger partial charge in [-0.2, -0.15) is 0 Å². The van der Waals surface area contributed by atoms with Gasteiger partial charge in [0, 0.05) is 0 Å². The minimum atomic E-state index is -0.165. The van der Waals surface area contributed by atoms with E-state index in [0.717, 1.165) is 11.3 Å². The van der Waals surface area contributed by atoms with Crippen LogP contribution < -0.4 is 10.1 Å². The van der Waals surface area contributed by atoms with Crippen LogP contribution in [0.3, 0.4) is 0 Å². The highest BCUT2D eigenvalue weighted by Crippen LogP contribution is 2.31. The van der Waals surface area contributed by atoms with Crippen LogP contribution in [0.4, 0.5) is 10.8 Å². The number of nitrogens with zero attached hydrogens (tertiary/aromatic N) is 2. The lowest BCUT2D eigenvalue weighted by molar-refractivity contribution is 0.0871. The summed E-state index contributed by atoms with van der Waals surface area (Å²) in [6, 6.07) is 15.6. The average Bonchev–Trinajstić information content (AvgIpc) is 3.03. The van der Waals surface area contributed by atoms with Crippen molar-refractivity contribution < 1.29 is 9.53 Å². The molecule has 1 amide bonds. The van der Waals surface area contributed by atoms with Gasteiger partial charge < -0.3 is 10.1 Å². The molecule has 0 aliphatic carbocycles. The Bertz CT molecular complexity index is 939. The van der Waals surface area contributed by atoms with E-state index in [4.69, 9.17) is 4.74 Å². The number of ether oxygens (including phenoxy) is 1. The second-order valence-electron chi connectivity index (χ2n) is 6.11. The lowest BCUT2D eigenvalue weighted by Crippen LogP contribution is -2.21. The van der Waals surface area contributed by atoms with Crippen LogP contribution in [0.15, 0.2) is 48.5 Å². The molecule has 7 heteroatoms. The van der Waals surface area contributed by atoms with E-state index < -0.39 is 0 Å². The highest BCUT2D eigenvalue weighted by Gasteiger charge is 2.20. The summed E-state index contributed by atoms with van der Waals surface area (Å²) in [4.78, 5) is 17.8. The first-order chi connectivity index (χ1) is 13.0. The van der Waals surface area contributed by atoms with Gasteiger partial charge in [-0.1, -0.05) is 66.1 Å². The third kappa shape index (κ3) is 4.61. The Morgan fingerprint density at radius 2 is 1.89 bits per heavy atom. The molecule has 0 aliphatic rings. The van der Waals surface area contributed by atoms with E-state index in [1.165, 1.54) is 21.2 Å². The number of para-hydroxylation sites is 2. The van der Waals surface area contributed by atoms with E-state index in [1.807, 2.05) is 62.4 Å². The average molecular weight is 400 g/mol. The largest absolute Gasteiger partial charge is 0.495 e. The maximum Gasteiger partial charge on any atom is 0.275 e. The number of thiol groups is 1. The number of rotatable bonds is 6. The molecule has 1 N–H and O–H groups in total. The fourth-order valence-corrected chi connectivity index (χ4v) is 3.83. The second-order valence-corrected chi connectivity index (χ2v) is 7.59. The predicted molar refractivity (Wildman–Crippen MR) is 113 cm³/mol. The van der Waals surface area contributed by atoms with E-state index in [9.17, 15) is 4.79 Å². The molecule has 0 bridgehead atoms. The molecule has 0 aliphatic heterocycles. The lowest BCUT2D eigenvalue weighted by Gasteiger charge is -2.15. The van der Waals surface area contributed by atoms with Gasteiger partial charge in [-0.05, 0) is 31.5 Å². The van der Waals surface area contributed by atoms with Crippen molar-refractivity contribution in [1.82, 2.24) is 9.29 Å². The summed E-state index contributed by atoms with van der Waals surface area (Å²) >= 11 is 5.69. The van der Waals surface area contributed by atoms with Gasteiger partial charge in [-0.25, -0.2) is 4.98 Å². The maximum absolute atomic E-state index is 12.8. The van der Waals surface area contributed by atoms with Gasteiger partial charge in [0.15, 0.2) is 5.13 Å². The van der Waals surface area contributed by atoms with E-state index in [2.05, 4.69) is 23.1 Å². The number of carbonyl (C=O) groups is 1. The molecule has 0 atom stereocenters. The van der Waals surface area contributed by atoms with Gasteiger partial charge in [0.05, 0.1) is 25.0 Å². The van der Waals surface area contributed by atoms with Crippen molar-refractivity contribution in [2.75, 3.05) is 12.4 Å². The Hall–Kier alpha value is -2.51.